The Balaban J connectivity index is 0.000000198. The SMILES string of the molecule is CC(C)(C)OC(=O)N1CCC2(CCCC2)CC1.Cc1cc(Br)cc(C=O)c1.Cc1cc(Br)cc(CN2CCCC23CCN(C(=O)OC(C)(C)C)CC3)c1. The maximum atomic E-state index is 12.3. The van der Waals surface area contributed by atoms with Crippen molar-refractivity contribution in [2.24, 2.45) is 5.41 Å². The fourth-order valence-electron chi connectivity index (χ4n) is 8.31. The summed E-state index contributed by atoms with van der Waals surface area (Å²) in [7, 11) is 0. The van der Waals surface area contributed by atoms with Crippen molar-refractivity contribution in [1.82, 2.24) is 14.7 Å². The summed E-state index contributed by atoms with van der Waals surface area (Å²) in [5.41, 5.74) is 4.48. The van der Waals surface area contributed by atoms with E-state index in [0.717, 1.165) is 72.9 Å². The Bertz CT molecular complexity index is 1500. The van der Waals surface area contributed by atoms with Crippen LogP contribution >= 0.6 is 31.9 Å². The fraction of sp³-hybridized carbons (Fsp3) is 0.651. The normalized spacial score (nSPS) is 19.6. The van der Waals surface area contributed by atoms with E-state index >= 15 is 0 Å². The van der Waals surface area contributed by atoms with E-state index in [0.29, 0.717) is 11.0 Å². The molecule has 6 rings (SSSR count). The van der Waals surface area contributed by atoms with E-state index < -0.39 is 5.60 Å². The number of piperidine rings is 2. The van der Waals surface area contributed by atoms with Gasteiger partial charge in [-0.3, -0.25) is 9.69 Å². The summed E-state index contributed by atoms with van der Waals surface area (Å²) in [5, 5.41) is 0. The number of nitrogens with zero attached hydrogens (tertiary/aromatic N) is 3. The van der Waals surface area contributed by atoms with E-state index in [9.17, 15) is 14.4 Å². The number of carbonyl (C=O) groups excluding carboxylic acids is 3. The van der Waals surface area contributed by atoms with E-state index in [-0.39, 0.29) is 23.3 Å². The van der Waals surface area contributed by atoms with Gasteiger partial charge in [0.05, 0.1) is 0 Å². The molecule has 10 heteroatoms. The molecule has 53 heavy (non-hydrogen) atoms. The van der Waals surface area contributed by atoms with Gasteiger partial charge >= 0.3 is 12.2 Å². The van der Waals surface area contributed by atoms with Crippen molar-refractivity contribution in [3.63, 3.8) is 0 Å². The summed E-state index contributed by atoms with van der Waals surface area (Å²) >= 11 is 6.92. The quantitative estimate of drug-likeness (QED) is 0.286. The van der Waals surface area contributed by atoms with Crippen LogP contribution in [0.4, 0.5) is 9.59 Å². The summed E-state index contributed by atoms with van der Waals surface area (Å²) in [6.45, 7) is 21.2. The van der Waals surface area contributed by atoms with Crippen LogP contribution in [0.1, 0.15) is 133 Å². The molecule has 2 amide bonds. The fourth-order valence-corrected chi connectivity index (χ4v) is 9.59. The molecule has 4 fully saturated rings. The van der Waals surface area contributed by atoms with Crippen LogP contribution in [0.2, 0.25) is 0 Å². The molecule has 1 saturated carbocycles. The van der Waals surface area contributed by atoms with Gasteiger partial charge in [0.15, 0.2) is 0 Å². The molecule has 294 valence electrons. The van der Waals surface area contributed by atoms with Gasteiger partial charge in [-0.15, -0.1) is 0 Å². The first-order chi connectivity index (χ1) is 24.8. The highest BCUT2D eigenvalue weighted by Crippen LogP contribution is 2.46. The maximum absolute atomic E-state index is 12.3. The van der Waals surface area contributed by atoms with Crippen LogP contribution in [0.3, 0.4) is 0 Å². The molecule has 0 bridgehead atoms. The minimum absolute atomic E-state index is 0.134. The number of halogens is 2. The standard InChI is InChI=1S/C21H31BrN2O2.C14H25NO2.C8H7BrO/c1-16-12-17(14-18(22)13-16)15-24-9-5-6-21(24)7-10-23(11-8-21)19(25)26-20(2,3)4;1-13(2,3)17-12(16)15-10-8-14(9-11-15)6-4-5-7-14;1-6-2-7(5-10)4-8(9)3-6/h12-14H,5-11,15H2,1-4H3;4-11H2,1-3H3;2-5H,1H3. The summed E-state index contributed by atoms with van der Waals surface area (Å²) < 4.78 is 13.1. The summed E-state index contributed by atoms with van der Waals surface area (Å²) in [4.78, 5) is 41.0. The second kappa shape index (κ2) is 18.5. The number of rotatable bonds is 3. The Morgan fingerprint density at radius 1 is 0.660 bits per heavy atom. The first kappa shape index (κ1) is 43.3. The molecule has 0 radical (unpaired) electrons. The number of hydrogen-bond acceptors (Lipinski definition) is 6. The molecule has 8 nitrogen and oxygen atoms in total. The van der Waals surface area contributed by atoms with Crippen molar-refractivity contribution in [2.45, 2.75) is 143 Å². The highest BCUT2D eigenvalue weighted by molar-refractivity contribution is 9.10. The van der Waals surface area contributed by atoms with E-state index in [4.69, 9.17) is 9.47 Å². The number of carbonyl (C=O) groups is 3. The van der Waals surface area contributed by atoms with Gasteiger partial charge in [-0.1, -0.05) is 50.8 Å². The molecule has 2 aromatic rings. The van der Waals surface area contributed by atoms with Crippen LogP contribution in [-0.2, 0) is 16.0 Å². The number of benzene rings is 2. The number of aryl methyl sites for hydroxylation is 2. The van der Waals surface area contributed by atoms with Crippen molar-refractivity contribution >= 4 is 50.3 Å². The zero-order valence-corrected chi connectivity index (χ0v) is 36.7. The highest BCUT2D eigenvalue weighted by atomic mass is 79.9. The summed E-state index contributed by atoms with van der Waals surface area (Å²) in [6, 6.07) is 12.3. The number of likely N-dealkylation sites (tertiary alicyclic amines) is 3. The lowest BCUT2D eigenvalue weighted by Crippen LogP contribution is -2.53. The van der Waals surface area contributed by atoms with Crippen LogP contribution < -0.4 is 0 Å². The van der Waals surface area contributed by atoms with Crippen molar-refractivity contribution in [3.8, 4) is 0 Å². The van der Waals surface area contributed by atoms with Gasteiger partial charge in [0.25, 0.3) is 0 Å². The molecule has 3 aliphatic heterocycles. The molecule has 1 aliphatic carbocycles. The molecular weight excluding hydrogens is 798 g/mol. The third-order valence-electron chi connectivity index (χ3n) is 10.9. The smallest absolute Gasteiger partial charge is 0.410 e. The highest BCUT2D eigenvalue weighted by Gasteiger charge is 2.44. The second-order valence-corrected chi connectivity index (χ2v) is 19.5. The average molecular weight is 862 g/mol. The molecule has 2 aromatic carbocycles. The first-order valence-electron chi connectivity index (χ1n) is 19.5. The Kier molecular flexibility index (Phi) is 15.1. The predicted octanol–water partition coefficient (Wildman–Crippen LogP) is 11.3. The first-order valence-corrected chi connectivity index (χ1v) is 21.1. The van der Waals surface area contributed by atoms with Crippen LogP contribution in [0.15, 0.2) is 45.3 Å². The van der Waals surface area contributed by atoms with Crippen molar-refractivity contribution in [2.75, 3.05) is 32.7 Å². The molecule has 3 saturated heterocycles. The molecular formula is C43H63Br2N3O5. The zero-order valence-electron chi connectivity index (χ0n) is 33.5. The van der Waals surface area contributed by atoms with Gasteiger partial charge < -0.3 is 19.3 Å². The third kappa shape index (κ3) is 13.4. The van der Waals surface area contributed by atoms with Crippen LogP contribution in [-0.4, -0.2) is 82.6 Å². The van der Waals surface area contributed by atoms with Gasteiger partial charge in [0, 0.05) is 52.8 Å². The molecule has 2 spiro atoms. The van der Waals surface area contributed by atoms with Gasteiger partial charge in [-0.2, -0.15) is 0 Å². The van der Waals surface area contributed by atoms with E-state index in [1.165, 1.54) is 62.5 Å². The Morgan fingerprint density at radius 2 is 1.15 bits per heavy atom. The van der Waals surface area contributed by atoms with Crippen molar-refractivity contribution in [3.05, 3.63) is 67.6 Å². The lowest BCUT2D eigenvalue weighted by molar-refractivity contribution is 0.00153. The number of hydrogen-bond donors (Lipinski definition) is 0. The van der Waals surface area contributed by atoms with E-state index in [2.05, 4.69) is 61.9 Å². The third-order valence-corrected chi connectivity index (χ3v) is 11.8. The van der Waals surface area contributed by atoms with E-state index in [1.807, 2.05) is 70.4 Å². The maximum Gasteiger partial charge on any atom is 0.410 e. The Morgan fingerprint density at radius 3 is 1.62 bits per heavy atom. The molecule has 0 aromatic heterocycles. The average Bonchev–Trinajstić information content (AvgIpc) is 3.66. The molecule has 4 aliphatic rings. The minimum Gasteiger partial charge on any atom is -0.444 e. The topological polar surface area (TPSA) is 79.4 Å². The zero-order chi connectivity index (χ0) is 39.0. The molecule has 3 heterocycles. The predicted molar refractivity (Wildman–Crippen MR) is 221 cm³/mol. The minimum atomic E-state index is -0.426. The van der Waals surface area contributed by atoms with Gasteiger partial charge in [0.2, 0.25) is 0 Å². The van der Waals surface area contributed by atoms with Crippen molar-refractivity contribution in [1.29, 1.82) is 0 Å². The lowest BCUT2D eigenvalue weighted by atomic mass is 9.77. The largest absolute Gasteiger partial charge is 0.444 e. The Hall–Kier alpha value is -2.43. The number of aldehydes is 1. The van der Waals surface area contributed by atoms with Gasteiger partial charge in [0.1, 0.15) is 17.5 Å². The summed E-state index contributed by atoms with van der Waals surface area (Å²) in [6.07, 6.45) is 13.0. The Labute approximate surface area is 336 Å². The molecule has 0 unspecified atom stereocenters. The molecule has 0 N–H and O–H groups in total. The van der Waals surface area contributed by atoms with Gasteiger partial charge in [-0.05, 0) is 166 Å². The van der Waals surface area contributed by atoms with Gasteiger partial charge in [-0.25, -0.2) is 9.59 Å². The molecule has 0 atom stereocenters. The van der Waals surface area contributed by atoms with Crippen LogP contribution in [0.25, 0.3) is 0 Å². The van der Waals surface area contributed by atoms with Crippen LogP contribution in [0, 0.1) is 19.3 Å². The van der Waals surface area contributed by atoms with Crippen LogP contribution in [0.5, 0.6) is 0 Å². The summed E-state index contributed by atoms with van der Waals surface area (Å²) in [5.74, 6) is 0. The van der Waals surface area contributed by atoms with Crippen molar-refractivity contribution < 1.29 is 23.9 Å². The number of amides is 2. The monoisotopic (exact) mass is 859 g/mol. The lowest BCUT2D eigenvalue weighted by Gasteiger charge is -2.45. The van der Waals surface area contributed by atoms with E-state index in [1.54, 1.807) is 6.07 Å². The second-order valence-electron chi connectivity index (χ2n) is 17.7. The number of ether oxygens (including phenoxy) is 2.